The van der Waals surface area contributed by atoms with Gasteiger partial charge in [0.1, 0.15) is 0 Å². The lowest BCUT2D eigenvalue weighted by atomic mass is 9.98. The number of aliphatic hydroxyl groups excluding tert-OH is 1. The zero-order chi connectivity index (χ0) is 7.72. The maximum Gasteiger partial charge on any atom is 0.0849 e. The Kier molecular flexibility index (Phi) is 2.32. The normalized spacial score (nSPS) is 48.0. The predicted molar refractivity (Wildman–Crippen MR) is 39.8 cm³/mol. The predicted octanol–water partition coefficient (Wildman–Crippen LogP) is 1.18. The average Bonchev–Trinajstić information content (AvgIpc) is 2.17. The first-order valence-electron chi connectivity index (χ1n) is 4.00. The molecule has 0 spiro atoms. The van der Waals surface area contributed by atoms with E-state index < -0.39 is 0 Å². The molecule has 0 aromatic carbocycles. The number of ether oxygens (including phenoxy) is 1. The highest BCUT2D eigenvalue weighted by Crippen LogP contribution is 2.27. The first kappa shape index (κ1) is 8.02. The third-order valence-electron chi connectivity index (χ3n) is 2.40. The summed E-state index contributed by atoms with van der Waals surface area (Å²) in [6.45, 7) is 6.06. The van der Waals surface area contributed by atoms with Crippen LogP contribution in [0.25, 0.3) is 0 Å². The summed E-state index contributed by atoms with van der Waals surface area (Å²) in [7, 11) is 0. The molecule has 0 aromatic heterocycles. The Bertz CT molecular complexity index is 114. The third-order valence-corrected chi connectivity index (χ3v) is 2.40. The minimum atomic E-state index is -0.259. The highest BCUT2D eigenvalue weighted by atomic mass is 16.5. The molecule has 1 N–H and O–H groups in total. The first-order chi connectivity index (χ1) is 4.66. The lowest BCUT2D eigenvalue weighted by Gasteiger charge is -2.12. The molecule has 10 heavy (non-hydrogen) atoms. The molecule has 0 amide bonds. The molecule has 0 bridgehead atoms. The van der Waals surface area contributed by atoms with Gasteiger partial charge in [-0.1, -0.05) is 13.8 Å². The summed E-state index contributed by atoms with van der Waals surface area (Å²) in [5.41, 5.74) is 0. The van der Waals surface area contributed by atoms with Crippen molar-refractivity contribution in [2.24, 2.45) is 5.92 Å². The van der Waals surface area contributed by atoms with Gasteiger partial charge in [-0.3, -0.25) is 0 Å². The summed E-state index contributed by atoms with van der Waals surface area (Å²) in [5.74, 6) is 0.306. The second-order valence-corrected chi connectivity index (χ2v) is 3.14. The van der Waals surface area contributed by atoms with Crippen LogP contribution in [-0.4, -0.2) is 23.4 Å². The second kappa shape index (κ2) is 2.89. The van der Waals surface area contributed by atoms with Crippen molar-refractivity contribution in [2.45, 2.75) is 45.5 Å². The van der Waals surface area contributed by atoms with E-state index in [4.69, 9.17) is 4.74 Å². The highest BCUT2D eigenvalue weighted by Gasteiger charge is 2.36. The lowest BCUT2D eigenvalue weighted by molar-refractivity contribution is 0.0209. The molecule has 1 fully saturated rings. The molecule has 0 radical (unpaired) electrons. The van der Waals surface area contributed by atoms with E-state index in [9.17, 15) is 5.11 Å². The van der Waals surface area contributed by atoms with Crippen molar-refractivity contribution in [1.82, 2.24) is 0 Å². The van der Waals surface area contributed by atoms with Crippen LogP contribution in [-0.2, 0) is 4.74 Å². The molecular formula is C8H16O2. The quantitative estimate of drug-likeness (QED) is 0.599. The molecule has 60 valence electrons. The van der Waals surface area contributed by atoms with E-state index >= 15 is 0 Å². The van der Waals surface area contributed by atoms with Gasteiger partial charge in [0.15, 0.2) is 0 Å². The van der Waals surface area contributed by atoms with Crippen LogP contribution in [0.5, 0.6) is 0 Å². The largest absolute Gasteiger partial charge is 0.390 e. The van der Waals surface area contributed by atoms with Crippen molar-refractivity contribution in [2.75, 3.05) is 0 Å². The Morgan fingerprint density at radius 3 is 2.20 bits per heavy atom. The van der Waals surface area contributed by atoms with Crippen LogP contribution < -0.4 is 0 Å². The van der Waals surface area contributed by atoms with E-state index in [-0.39, 0.29) is 18.3 Å². The summed E-state index contributed by atoms with van der Waals surface area (Å²) >= 11 is 0. The molecule has 2 heteroatoms. The van der Waals surface area contributed by atoms with Crippen LogP contribution in [0.3, 0.4) is 0 Å². The summed E-state index contributed by atoms with van der Waals surface area (Å²) < 4.78 is 5.48. The Morgan fingerprint density at radius 1 is 1.40 bits per heavy atom. The standard InChI is InChI=1S/C8H16O2/c1-4-7-5(2)8(9)6(3)10-7/h5-9H,4H2,1-3H3. The summed E-state index contributed by atoms with van der Waals surface area (Å²) in [6.07, 6.45) is 1.04. The van der Waals surface area contributed by atoms with Gasteiger partial charge in [-0.2, -0.15) is 0 Å². The van der Waals surface area contributed by atoms with Crippen LogP contribution in [0.1, 0.15) is 27.2 Å². The summed E-state index contributed by atoms with van der Waals surface area (Å²) in [6, 6.07) is 0. The van der Waals surface area contributed by atoms with Gasteiger partial charge >= 0.3 is 0 Å². The molecule has 1 saturated heterocycles. The van der Waals surface area contributed by atoms with Gasteiger partial charge in [-0.25, -0.2) is 0 Å². The maximum absolute atomic E-state index is 9.44. The average molecular weight is 144 g/mol. The van der Waals surface area contributed by atoms with Crippen molar-refractivity contribution in [3.63, 3.8) is 0 Å². The highest BCUT2D eigenvalue weighted by molar-refractivity contribution is 4.84. The van der Waals surface area contributed by atoms with Gasteiger partial charge in [0, 0.05) is 5.92 Å². The fraction of sp³-hybridized carbons (Fsp3) is 1.00. The number of aliphatic hydroxyl groups is 1. The molecule has 2 nitrogen and oxygen atoms in total. The van der Waals surface area contributed by atoms with Gasteiger partial charge in [-0.15, -0.1) is 0 Å². The van der Waals surface area contributed by atoms with Crippen LogP contribution in [0.2, 0.25) is 0 Å². The van der Waals surface area contributed by atoms with Gasteiger partial charge in [0.25, 0.3) is 0 Å². The minimum absolute atomic E-state index is 0.0277. The van der Waals surface area contributed by atoms with Crippen LogP contribution in [0.4, 0.5) is 0 Å². The topological polar surface area (TPSA) is 29.5 Å². The van der Waals surface area contributed by atoms with E-state index in [1.165, 1.54) is 0 Å². The summed E-state index contributed by atoms with van der Waals surface area (Å²) in [5, 5.41) is 9.44. The third kappa shape index (κ3) is 1.18. The van der Waals surface area contributed by atoms with E-state index in [0.717, 1.165) is 6.42 Å². The van der Waals surface area contributed by atoms with Gasteiger partial charge in [0.2, 0.25) is 0 Å². The molecule has 1 heterocycles. The molecular weight excluding hydrogens is 128 g/mol. The number of hydrogen-bond acceptors (Lipinski definition) is 2. The van der Waals surface area contributed by atoms with Gasteiger partial charge in [0.05, 0.1) is 18.3 Å². The SMILES string of the molecule is CCC1OC(C)C(O)C1C. The van der Waals surface area contributed by atoms with Crippen molar-refractivity contribution in [3.05, 3.63) is 0 Å². The van der Waals surface area contributed by atoms with Crippen molar-refractivity contribution in [3.8, 4) is 0 Å². The molecule has 0 saturated carbocycles. The van der Waals surface area contributed by atoms with E-state index in [2.05, 4.69) is 6.92 Å². The van der Waals surface area contributed by atoms with Crippen LogP contribution >= 0.6 is 0 Å². The van der Waals surface area contributed by atoms with Crippen molar-refractivity contribution < 1.29 is 9.84 Å². The molecule has 1 aliphatic heterocycles. The monoisotopic (exact) mass is 144 g/mol. The van der Waals surface area contributed by atoms with Crippen LogP contribution in [0, 0.1) is 5.92 Å². The maximum atomic E-state index is 9.44. The van der Waals surface area contributed by atoms with E-state index in [1.807, 2.05) is 13.8 Å². The lowest BCUT2D eigenvalue weighted by Crippen LogP contribution is -2.23. The molecule has 4 unspecified atom stereocenters. The van der Waals surface area contributed by atoms with Crippen molar-refractivity contribution in [1.29, 1.82) is 0 Å². The Morgan fingerprint density at radius 2 is 2.00 bits per heavy atom. The fourth-order valence-corrected chi connectivity index (χ4v) is 1.60. The van der Waals surface area contributed by atoms with E-state index in [1.54, 1.807) is 0 Å². The van der Waals surface area contributed by atoms with Gasteiger partial charge in [-0.05, 0) is 13.3 Å². The number of rotatable bonds is 1. The zero-order valence-corrected chi connectivity index (χ0v) is 6.87. The summed E-state index contributed by atoms with van der Waals surface area (Å²) in [4.78, 5) is 0. The second-order valence-electron chi connectivity index (χ2n) is 3.14. The van der Waals surface area contributed by atoms with E-state index in [0.29, 0.717) is 5.92 Å². The smallest absolute Gasteiger partial charge is 0.0849 e. The molecule has 0 aromatic rings. The molecule has 1 aliphatic rings. The van der Waals surface area contributed by atoms with Gasteiger partial charge < -0.3 is 9.84 Å². The molecule has 1 rings (SSSR count). The minimum Gasteiger partial charge on any atom is -0.390 e. The molecule has 0 aliphatic carbocycles. The zero-order valence-electron chi connectivity index (χ0n) is 6.87. The number of hydrogen-bond donors (Lipinski definition) is 1. The van der Waals surface area contributed by atoms with Crippen molar-refractivity contribution >= 4 is 0 Å². The Hall–Kier alpha value is -0.0800. The molecule has 4 atom stereocenters. The Labute approximate surface area is 62.2 Å². The Balaban J connectivity index is 2.53. The fourth-order valence-electron chi connectivity index (χ4n) is 1.60. The first-order valence-corrected chi connectivity index (χ1v) is 4.00. The van der Waals surface area contributed by atoms with Crippen LogP contribution in [0.15, 0.2) is 0 Å².